The zero-order valence-electron chi connectivity index (χ0n) is 18.5. The molecule has 29 heavy (non-hydrogen) atoms. The van der Waals surface area contributed by atoms with Gasteiger partial charge in [-0.3, -0.25) is 19.2 Å². The highest BCUT2D eigenvalue weighted by Gasteiger charge is 2.34. The van der Waals surface area contributed by atoms with Crippen molar-refractivity contribution in [2.24, 2.45) is 5.92 Å². The molecule has 0 bridgehead atoms. The van der Waals surface area contributed by atoms with Crippen LogP contribution < -0.4 is 10.5 Å². The van der Waals surface area contributed by atoms with Crippen LogP contribution in [0.3, 0.4) is 0 Å². The van der Waals surface area contributed by atoms with Gasteiger partial charge in [-0.2, -0.15) is 0 Å². The van der Waals surface area contributed by atoms with Crippen LogP contribution in [0.5, 0.6) is 0 Å². The quantitative estimate of drug-likeness (QED) is 0.758. The molecule has 0 amide bonds. The number of aromatic nitrogens is 2. The summed E-state index contributed by atoms with van der Waals surface area (Å²) in [6.07, 6.45) is 5.82. The van der Waals surface area contributed by atoms with Crippen LogP contribution in [0.2, 0.25) is 0 Å². The van der Waals surface area contributed by atoms with E-state index in [2.05, 4.69) is 48.8 Å². The molecule has 0 saturated heterocycles. The molecular weight excluding hydrogens is 360 g/mol. The lowest BCUT2D eigenvalue weighted by Crippen LogP contribution is -2.53. The summed E-state index contributed by atoms with van der Waals surface area (Å²) in [6, 6.07) is 7.07. The molecule has 1 aromatic heterocycles. The Hall–Kier alpha value is -2.14. The third kappa shape index (κ3) is 3.61. The standard InChI is InChI=1S/C24H34N4O/c1-6-21-19(5)25-24-27(20-12-11-16(2)18(4)13-20)14-26(15-28(24)23(21)29)22-10-8-7-9-17(22)3/h11-13,17,22H,6-10,14-15H2,1-5H3. The Morgan fingerprint density at radius 1 is 1.07 bits per heavy atom. The van der Waals surface area contributed by atoms with Gasteiger partial charge in [0.25, 0.3) is 5.56 Å². The van der Waals surface area contributed by atoms with E-state index in [9.17, 15) is 4.79 Å². The van der Waals surface area contributed by atoms with Gasteiger partial charge in [0.05, 0.1) is 13.3 Å². The zero-order chi connectivity index (χ0) is 20.7. The normalized spacial score (nSPS) is 22.6. The molecule has 2 aromatic rings. The van der Waals surface area contributed by atoms with Crippen LogP contribution in [0.15, 0.2) is 23.0 Å². The average molecular weight is 395 g/mol. The molecular formula is C24H34N4O. The van der Waals surface area contributed by atoms with Gasteiger partial charge in [0, 0.05) is 23.0 Å². The average Bonchev–Trinajstić information content (AvgIpc) is 2.70. The van der Waals surface area contributed by atoms with E-state index in [1.807, 2.05) is 18.4 Å². The molecule has 2 atom stereocenters. The van der Waals surface area contributed by atoms with Crippen molar-refractivity contribution in [1.82, 2.24) is 14.5 Å². The molecule has 0 N–H and O–H groups in total. The van der Waals surface area contributed by atoms with Gasteiger partial charge in [0.2, 0.25) is 5.95 Å². The van der Waals surface area contributed by atoms with E-state index in [-0.39, 0.29) is 5.56 Å². The molecule has 1 fully saturated rings. The van der Waals surface area contributed by atoms with Gasteiger partial charge in [-0.1, -0.05) is 32.8 Å². The van der Waals surface area contributed by atoms with Crippen LogP contribution in [-0.4, -0.2) is 27.2 Å². The predicted octanol–water partition coefficient (Wildman–Crippen LogP) is 4.68. The summed E-state index contributed by atoms with van der Waals surface area (Å²) in [6.45, 7) is 12.1. The number of aryl methyl sites for hydroxylation is 3. The van der Waals surface area contributed by atoms with E-state index in [1.54, 1.807) is 0 Å². The van der Waals surface area contributed by atoms with E-state index >= 15 is 0 Å². The van der Waals surface area contributed by atoms with Crippen LogP contribution in [0, 0.1) is 26.7 Å². The number of fused-ring (bicyclic) bond motifs is 1. The Morgan fingerprint density at radius 2 is 1.83 bits per heavy atom. The monoisotopic (exact) mass is 394 g/mol. The number of nitrogens with zero attached hydrogens (tertiary/aromatic N) is 4. The van der Waals surface area contributed by atoms with Gasteiger partial charge < -0.3 is 0 Å². The number of anilines is 2. The molecule has 156 valence electrons. The first-order chi connectivity index (χ1) is 13.9. The van der Waals surface area contributed by atoms with E-state index in [0.717, 1.165) is 36.0 Å². The second-order valence-electron chi connectivity index (χ2n) is 8.96. The molecule has 0 spiro atoms. The number of hydrogen-bond donors (Lipinski definition) is 0. The molecule has 0 radical (unpaired) electrons. The zero-order valence-corrected chi connectivity index (χ0v) is 18.5. The van der Waals surface area contributed by atoms with Crippen molar-refractivity contribution in [3.05, 3.63) is 50.9 Å². The van der Waals surface area contributed by atoms with Gasteiger partial charge in [0.15, 0.2) is 0 Å². The van der Waals surface area contributed by atoms with Crippen molar-refractivity contribution in [3.8, 4) is 0 Å². The molecule has 1 aliphatic carbocycles. The maximum atomic E-state index is 13.3. The van der Waals surface area contributed by atoms with Gasteiger partial charge in [-0.05, 0) is 69.2 Å². The van der Waals surface area contributed by atoms with Crippen LogP contribution >= 0.6 is 0 Å². The minimum Gasteiger partial charge on any atom is -0.298 e. The Bertz CT molecular complexity index is 964. The maximum Gasteiger partial charge on any atom is 0.259 e. The van der Waals surface area contributed by atoms with Crippen molar-refractivity contribution in [2.75, 3.05) is 11.6 Å². The van der Waals surface area contributed by atoms with Crippen molar-refractivity contribution >= 4 is 11.6 Å². The fraction of sp³-hybridized carbons (Fsp3) is 0.583. The third-order valence-corrected chi connectivity index (χ3v) is 7.03. The molecule has 1 aromatic carbocycles. The first kappa shape index (κ1) is 20.1. The fourth-order valence-corrected chi connectivity index (χ4v) is 5.04. The largest absolute Gasteiger partial charge is 0.298 e. The Morgan fingerprint density at radius 3 is 2.52 bits per heavy atom. The van der Waals surface area contributed by atoms with Crippen LogP contribution in [0.1, 0.15) is 61.9 Å². The van der Waals surface area contributed by atoms with Crippen molar-refractivity contribution in [3.63, 3.8) is 0 Å². The first-order valence-electron chi connectivity index (χ1n) is 11.1. The number of benzene rings is 1. The van der Waals surface area contributed by atoms with Gasteiger partial charge >= 0.3 is 0 Å². The third-order valence-electron chi connectivity index (χ3n) is 7.03. The van der Waals surface area contributed by atoms with Crippen LogP contribution in [0.25, 0.3) is 0 Å². The van der Waals surface area contributed by atoms with Gasteiger partial charge in [0.1, 0.15) is 0 Å². The molecule has 1 aliphatic heterocycles. The lowest BCUT2D eigenvalue weighted by molar-refractivity contribution is 0.0723. The minimum absolute atomic E-state index is 0.122. The molecule has 2 heterocycles. The molecule has 2 aliphatic rings. The minimum atomic E-state index is 0.122. The van der Waals surface area contributed by atoms with E-state index in [0.29, 0.717) is 18.6 Å². The lowest BCUT2D eigenvalue weighted by Gasteiger charge is -2.45. The molecule has 1 saturated carbocycles. The Labute approximate surface area is 174 Å². The van der Waals surface area contributed by atoms with E-state index < -0.39 is 0 Å². The topological polar surface area (TPSA) is 41.4 Å². The fourth-order valence-electron chi connectivity index (χ4n) is 5.04. The molecule has 5 nitrogen and oxygen atoms in total. The van der Waals surface area contributed by atoms with Gasteiger partial charge in [-0.25, -0.2) is 4.98 Å². The smallest absolute Gasteiger partial charge is 0.259 e. The summed E-state index contributed by atoms with van der Waals surface area (Å²) in [7, 11) is 0. The summed E-state index contributed by atoms with van der Waals surface area (Å²) in [4.78, 5) is 23.0. The van der Waals surface area contributed by atoms with Crippen LogP contribution in [0.4, 0.5) is 11.6 Å². The summed E-state index contributed by atoms with van der Waals surface area (Å²) in [5, 5.41) is 0. The second kappa shape index (κ2) is 7.94. The van der Waals surface area contributed by atoms with E-state index in [1.165, 1.54) is 36.8 Å². The maximum absolute atomic E-state index is 13.3. The summed E-state index contributed by atoms with van der Waals surface area (Å²) in [5.74, 6) is 1.44. The van der Waals surface area contributed by atoms with Gasteiger partial charge in [-0.15, -0.1) is 0 Å². The first-order valence-corrected chi connectivity index (χ1v) is 11.1. The predicted molar refractivity (Wildman–Crippen MR) is 119 cm³/mol. The summed E-state index contributed by atoms with van der Waals surface area (Å²) in [5.41, 5.74) is 5.49. The Kier molecular flexibility index (Phi) is 5.52. The van der Waals surface area contributed by atoms with E-state index in [4.69, 9.17) is 4.98 Å². The highest BCUT2D eigenvalue weighted by atomic mass is 16.1. The number of hydrogen-bond acceptors (Lipinski definition) is 4. The Balaban J connectivity index is 1.83. The molecule has 2 unspecified atom stereocenters. The lowest BCUT2D eigenvalue weighted by atomic mass is 9.85. The SMILES string of the molecule is CCc1c(C)nc2n(c1=O)CN(C1CCCCC1C)CN2c1ccc(C)c(C)c1. The highest BCUT2D eigenvalue weighted by Crippen LogP contribution is 2.34. The summed E-state index contributed by atoms with van der Waals surface area (Å²) < 4.78 is 1.91. The van der Waals surface area contributed by atoms with Crippen molar-refractivity contribution in [2.45, 2.75) is 79.4 Å². The summed E-state index contributed by atoms with van der Waals surface area (Å²) >= 11 is 0. The molecule has 5 heteroatoms. The van der Waals surface area contributed by atoms with Crippen molar-refractivity contribution < 1.29 is 0 Å². The number of rotatable bonds is 3. The van der Waals surface area contributed by atoms with Crippen LogP contribution in [-0.2, 0) is 13.1 Å². The van der Waals surface area contributed by atoms with Crippen molar-refractivity contribution in [1.29, 1.82) is 0 Å². The molecule has 4 rings (SSSR count). The second-order valence-corrected chi connectivity index (χ2v) is 8.96. The highest BCUT2D eigenvalue weighted by molar-refractivity contribution is 5.60.